The minimum atomic E-state index is 0. The smallest absolute Gasteiger partial charge is 0.191 e. The summed E-state index contributed by atoms with van der Waals surface area (Å²) in [5.41, 5.74) is 2.63. The molecule has 1 saturated heterocycles. The topological polar surface area (TPSA) is 57.5 Å². The molecular weight excluding hydrogens is 463 g/mol. The second kappa shape index (κ2) is 11.4. The van der Waals surface area contributed by atoms with Crippen LogP contribution in [0.15, 0.2) is 47.7 Å². The standard InChI is InChI=1S/C21H32N6.HI/c1-17-13-20(10-12-27(17)16-18-7-5-4-6-8-18)25-21(22-2)23-11-9-19-14-24-26(3)15-19;/h4-8,14-15,17,20H,9-13,16H2,1-3H3,(H2,22,23,25);1H. The monoisotopic (exact) mass is 496 g/mol. The first-order valence-electron chi connectivity index (χ1n) is 9.86. The number of guanidine groups is 1. The average molecular weight is 496 g/mol. The Hall–Kier alpha value is -1.61. The first-order chi connectivity index (χ1) is 13.1. The van der Waals surface area contributed by atoms with Crippen LogP contribution in [0.25, 0.3) is 0 Å². The van der Waals surface area contributed by atoms with Crippen LogP contribution in [0.4, 0.5) is 0 Å². The van der Waals surface area contributed by atoms with Crippen LogP contribution in [0.3, 0.4) is 0 Å². The SMILES string of the molecule is CN=C(NCCc1cnn(C)c1)NC1CCN(Cc2ccccc2)C(C)C1.I. The third kappa shape index (κ3) is 6.77. The maximum Gasteiger partial charge on any atom is 0.191 e. The van der Waals surface area contributed by atoms with E-state index in [9.17, 15) is 0 Å². The molecule has 154 valence electrons. The summed E-state index contributed by atoms with van der Waals surface area (Å²) in [7, 11) is 3.79. The van der Waals surface area contributed by atoms with Crippen molar-refractivity contribution >= 4 is 29.9 Å². The van der Waals surface area contributed by atoms with Gasteiger partial charge in [0.15, 0.2) is 5.96 Å². The number of likely N-dealkylation sites (tertiary alicyclic amines) is 1. The molecule has 3 rings (SSSR count). The van der Waals surface area contributed by atoms with E-state index in [4.69, 9.17) is 0 Å². The van der Waals surface area contributed by atoms with E-state index >= 15 is 0 Å². The predicted molar refractivity (Wildman–Crippen MR) is 126 cm³/mol. The van der Waals surface area contributed by atoms with E-state index in [2.05, 4.69) is 69.1 Å². The number of nitrogens with zero attached hydrogens (tertiary/aromatic N) is 4. The maximum absolute atomic E-state index is 4.39. The van der Waals surface area contributed by atoms with Gasteiger partial charge in [0, 0.05) is 52.0 Å². The molecule has 0 amide bonds. The van der Waals surface area contributed by atoms with Gasteiger partial charge in [-0.2, -0.15) is 5.10 Å². The van der Waals surface area contributed by atoms with Crippen LogP contribution < -0.4 is 10.6 Å². The van der Waals surface area contributed by atoms with Gasteiger partial charge in [0.1, 0.15) is 0 Å². The summed E-state index contributed by atoms with van der Waals surface area (Å²) >= 11 is 0. The van der Waals surface area contributed by atoms with Crippen LogP contribution in [0.2, 0.25) is 0 Å². The van der Waals surface area contributed by atoms with Gasteiger partial charge in [0.05, 0.1) is 6.20 Å². The Morgan fingerprint density at radius 1 is 1.25 bits per heavy atom. The van der Waals surface area contributed by atoms with Crippen LogP contribution in [-0.4, -0.2) is 52.9 Å². The van der Waals surface area contributed by atoms with E-state index in [0.29, 0.717) is 12.1 Å². The molecule has 1 aliphatic heterocycles. The van der Waals surface area contributed by atoms with Crippen molar-refractivity contribution in [1.82, 2.24) is 25.3 Å². The van der Waals surface area contributed by atoms with E-state index in [1.807, 2.05) is 25.0 Å². The van der Waals surface area contributed by atoms with E-state index < -0.39 is 0 Å². The zero-order chi connectivity index (χ0) is 19.1. The lowest BCUT2D eigenvalue weighted by molar-refractivity contribution is 0.134. The fourth-order valence-electron chi connectivity index (χ4n) is 3.72. The minimum absolute atomic E-state index is 0. The van der Waals surface area contributed by atoms with Crippen molar-refractivity contribution in [2.24, 2.45) is 12.0 Å². The highest BCUT2D eigenvalue weighted by molar-refractivity contribution is 14.0. The molecule has 6 nitrogen and oxygen atoms in total. The molecule has 1 aromatic carbocycles. The van der Waals surface area contributed by atoms with Crippen LogP contribution in [0.1, 0.15) is 30.9 Å². The third-order valence-electron chi connectivity index (χ3n) is 5.27. The molecule has 2 unspecified atom stereocenters. The van der Waals surface area contributed by atoms with E-state index in [0.717, 1.165) is 44.9 Å². The van der Waals surface area contributed by atoms with Crippen molar-refractivity contribution in [3.8, 4) is 0 Å². The fourth-order valence-corrected chi connectivity index (χ4v) is 3.72. The van der Waals surface area contributed by atoms with Crippen molar-refractivity contribution in [1.29, 1.82) is 0 Å². The molecule has 1 aliphatic rings. The van der Waals surface area contributed by atoms with Crippen molar-refractivity contribution in [3.63, 3.8) is 0 Å². The van der Waals surface area contributed by atoms with Crippen molar-refractivity contribution in [3.05, 3.63) is 53.9 Å². The molecule has 2 heterocycles. The summed E-state index contributed by atoms with van der Waals surface area (Å²) in [4.78, 5) is 6.97. The van der Waals surface area contributed by atoms with Crippen molar-refractivity contribution in [2.45, 2.75) is 44.8 Å². The molecular formula is C21H33IN6. The number of aryl methyl sites for hydroxylation is 1. The Kier molecular flexibility index (Phi) is 9.24. The zero-order valence-electron chi connectivity index (χ0n) is 17.1. The molecule has 1 aromatic heterocycles. The summed E-state index contributed by atoms with van der Waals surface area (Å²) < 4.78 is 1.84. The van der Waals surface area contributed by atoms with E-state index in [1.54, 1.807) is 0 Å². The number of rotatable bonds is 6. The first-order valence-corrected chi connectivity index (χ1v) is 9.86. The van der Waals surface area contributed by atoms with Gasteiger partial charge in [-0.1, -0.05) is 30.3 Å². The van der Waals surface area contributed by atoms with E-state index in [1.165, 1.54) is 11.1 Å². The second-order valence-electron chi connectivity index (χ2n) is 7.44. The van der Waals surface area contributed by atoms with Crippen LogP contribution in [-0.2, 0) is 20.0 Å². The van der Waals surface area contributed by atoms with Gasteiger partial charge in [-0.25, -0.2) is 0 Å². The van der Waals surface area contributed by atoms with Gasteiger partial charge in [-0.15, -0.1) is 24.0 Å². The highest BCUT2D eigenvalue weighted by atomic mass is 127. The second-order valence-corrected chi connectivity index (χ2v) is 7.44. The molecule has 0 aliphatic carbocycles. The number of aromatic nitrogens is 2. The number of hydrogen-bond acceptors (Lipinski definition) is 3. The number of nitrogens with one attached hydrogen (secondary N) is 2. The number of piperidine rings is 1. The summed E-state index contributed by atoms with van der Waals surface area (Å²) in [6, 6.07) is 11.8. The Bertz CT molecular complexity index is 730. The Labute approximate surface area is 185 Å². The predicted octanol–water partition coefficient (Wildman–Crippen LogP) is 2.80. The summed E-state index contributed by atoms with van der Waals surface area (Å²) in [6.45, 7) is 5.33. The van der Waals surface area contributed by atoms with Crippen LogP contribution >= 0.6 is 24.0 Å². The van der Waals surface area contributed by atoms with Gasteiger partial charge in [0.2, 0.25) is 0 Å². The summed E-state index contributed by atoms with van der Waals surface area (Å²) in [5.74, 6) is 0.896. The summed E-state index contributed by atoms with van der Waals surface area (Å²) in [5, 5.41) is 11.2. The zero-order valence-corrected chi connectivity index (χ0v) is 19.5. The maximum atomic E-state index is 4.39. The van der Waals surface area contributed by atoms with Crippen molar-refractivity contribution in [2.75, 3.05) is 20.1 Å². The van der Waals surface area contributed by atoms with Crippen molar-refractivity contribution < 1.29 is 0 Å². The van der Waals surface area contributed by atoms with Gasteiger partial charge in [-0.3, -0.25) is 14.6 Å². The molecule has 0 bridgehead atoms. The summed E-state index contributed by atoms with van der Waals surface area (Å²) in [6.07, 6.45) is 7.20. The van der Waals surface area contributed by atoms with Crippen LogP contribution in [0, 0.1) is 0 Å². The van der Waals surface area contributed by atoms with Gasteiger partial charge < -0.3 is 10.6 Å². The largest absolute Gasteiger partial charge is 0.356 e. The number of aliphatic imine (C=N–C) groups is 1. The normalized spacial score (nSPS) is 20.5. The number of benzene rings is 1. The Morgan fingerprint density at radius 3 is 2.68 bits per heavy atom. The molecule has 2 aromatic rings. The van der Waals surface area contributed by atoms with Gasteiger partial charge >= 0.3 is 0 Å². The highest BCUT2D eigenvalue weighted by Crippen LogP contribution is 2.19. The Morgan fingerprint density at radius 2 is 2.04 bits per heavy atom. The fraction of sp³-hybridized carbons (Fsp3) is 0.524. The highest BCUT2D eigenvalue weighted by Gasteiger charge is 2.25. The van der Waals surface area contributed by atoms with Gasteiger partial charge in [-0.05, 0) is 37.3 Å². The van der Waals surface area contributed by atoms with Crippen LogP contribution in [0.5, 0.6) is 0 Å². The lowest BCUT2D eigenvalue weighted by atomic mass is 9.97. The van der Waals surface area contributed by atoms with Gasteiger partial charge in [0.25, 0.3) is 0 Å². The third-order valence-corrected chi connectivity index (χ3v) is 5.27. The molecule has 2 atom stereocenters. The minimum Gasteiger partial charge on any atom is -0.356 e. The van der Waals surface area contributed by atoms with E-state index in [-0.39, 0.29) is 24.0 Å². The molecule has 1 fully saturated rings. The molecule has 28 heavy (non-hydrogen) atoms. The molecule has 2 N–H and O–H groups in total. The molecule has 0 radical (unpaired) electrons. The first kappa shape index (κ1) is 22.7. The number of hydrogen-bond donors (Lipinski definition) is 2. The lowest BCUT2D eigenvalue weighted by Gasteiger charge is -2.38. The average Bonchev–Trinajstić information content (AvgIpc) is 3.09. The molecule has 0 saturated carbocycles. The molecule has 7 heteroatoms. The lowest BCUT2D eigenvalue weighted by Crippen LogP contribution is -2.51. The quantitative estimate of drug-likeness (QED) is 0.367. The molecule has 0 spiro atoms. The number of halogens is 1. The Balaban J connectivity index is 0.00000280.